The Kier molecular flexibility index (Phi) is 5.03. The van der Waals surface area contributed by atoms with Gasteiger partial charge in [0.05, 0.1) is 24.0 Å². The monoisotopic (exact) mass is 380 g/mol. The number of carbonyl (C=O) groups is 2. The largest absolute Gasteiger partial charge is 0.339 e. The van der Waals surface area contributed by atoms with E-state index in [4.69, 9.17) is 0 Å². The van der Waals surface area contributed by atoms with E-state index in [2.05, 4.69) is 27.7 Å². The fourth-order valence-electron chi connectivity index (χ4n) is 4.20. The van der Waals surface area contributed by atoms with Gasteiger partial charge in [-0.05, 0) is 42.9 Å². The van der Waals surface area contributed by atoms with Crippen molar-refractivity contribution in [3.05, 3.63) is 41.7 Å². The van der Waals surface area contributed by atoms with Gasteiger partial charge >= 0.3 is 0 Å². The van der Waals surface area contributed by atoms with Gasteiger partial charge in [-0.25, -0.2) is 0 Å². The Morgan fingerprint density at radius 3 is 2.68 bits per heavy atom. The highest BCUT2D eigenvalue weighted by Crippen LogP contribution is 2.35. The van der Waals surface area contributed by atoms with Gasteiger partial charge in [0.15, 0.2) is 5.78 Å². The Morgan fingerprint density at radius 2 is 2.11 bits per heavy atom. The lowest BCUT2D eigenvalue weighted by Crippen LogP contribution is -2.50. The molecule has 1 saturated heterocycles. The van der Waals surface area contributed by atoms with Gasteiger partial charge in [0, 0.05) is 19.4 Å². The Bertz CT molecular complexity index is 843. The zero-order valence-electron chi connectivity index (χ0n) is 15.7. The Morgan fingerprint density at radius 1 is 1.32 bits per heavy atom. The molecular formula is C20H24N6O2. The van der Waals surface area contributed by atoms with Crippen LogP contribution >= 0.6 is 0 Å². The Hall–Kier alpha value is -2.89. The van der Waals surface area contributed by atoms with E-state index < -0.39 is 6.04 Å². The molecule has 1 saturated carbocycles. The number of nitrogens with one attached hydrogen (secondary N) is 4. The summed E-state index contributed by atoms with van der Waals surface area (Å²) in [6.07, 6.45) is 5.44. The minimum absolute atomic E-state index is 0.0517. The molecular weight excluding hydrogens is 356 g/mol. The van der Waals surface area contributed by atoms with Gasteiger partial charge in [-0.3, -0.25) is 20.0 Å². The van der Waals surface area contributed by atoms with Crippen LogP contribution in [-0.2, 0) is 16.0 Å². The molecule has 146 valence electrons. The van der Waals surface area contributed by atoms with Crippen LogP contribution in [0.5, 0.6) is 0 Å². The van der Waals surface area contributed by atoms with Crippen LogP contribution in [0, 0.1) is 17.2 Å². The molecule has 4 atom stereocenters. The van der Waals surface area contributed by atoms with Crippen molar-refractivity contribution >= 4 is 17.4 Å². The van der Waals surface area contributed by atoms with Gasteiger partial charge in [-0.15, -0.1) is 5.53 Å². The molecule has 2 fully saturated rings. The first-order valence-electron chi connectivity index (χ1n) is 9.62. The van der Waals surface area contributed by atoms with E-state index in [-0.39, 0.29) is 17.7 Å². The second-order valence-electron chi connectivity index (χ2n) is 7.68. The molecule has 1 aromatic carbocycles. The average molecular weight is 380 g/mol. The predicted octanol–water partition coefficient (Wildman–Crippen LogP) is 0.638. The van der Waals surface area contributed by atoms with E-state index in [0.717, 1.165) is 30.5 Å². The van der Waals surface area contributed by atoms with Crippen molar-refractivity contribution in [3.63, 3.8) is 0 Å². The van der Waals surface area contributed by atoms with Crippen molar-refractivity contribution in [1.29, 1.82) is 5.26 Å². The molecule has 2 bridgehead atoms. The highest BCUT2D eigenvalue weighted by molar-refractivity contribution is 5.93. The number of anilines is 1. The topological polar surface area (TPSA) is 109 Å². The molecule has 0 radical (unpaired) electrons. The summed E-state index contributed by atoms with van der Waals surface area (Å²) in [5, 5.41) is 17.4. The minimum Gasteiger partial charge on any atom is -0.339 e. The van der Waals surface area contributed by atoms with E-state index in [1.54, 1.807) is 11.2 Å². The van der Waals surface area contributed by atoms with Gasteiger partial charge in [-0.2, -0.15) is 5.26 Å². The molecule has 4 rings (SSSR count). The van der Waals surface area contributed by atoms with Gasteiger partial charge in [0.2, 0.25) is 5.91 Å². The number of hydrogen-bond acceptors (Lipinski definition) is 7. The number of piperidine rings is 1. The van der Waals surface area contributed by atoms with E-state index in [1.165, 1.54) is 6.92 Å². The third-order valence-electron chi connectivity index (χ3n) is 5.72. The van der Waals surface area contributed by atoms with Gasteiger partial charge < -0.3 is 10.6 Å². The Balaban J connectivity index is 1.34. The van der Waals surface area contributed by atoms with Gasteiger partial charge in [0.25, 0.3) is 0 Å². The summed E-state index contributed by atoms with van der Waals surface area (Å²) in [4.78, 5) is 23.9. The molecule has 3 aliphatic rings. The van der Waals surface area contributed by atoms with Crippen molar-refractivity contribution in [2.24, 2.45) is 5.92 Å². The van der Waals surface area contributed by atoms with Crippen molar-refractivity contribution < 1.29 is 9.59 Å². The number of amides is 1. The molecule has 2 unspecified atom stereocenters. The number of Topliss-reactive ketones (excluding diaryl/α,β-unsaturated/α-hetero) is 1. The van der Waals surface area contributed by atoms with Crippen LogP contribution in [0.15, 0.2) is 36.2 Å². The number of rotatable bonds is 6. The smallest absolute Gasteiger partial charge is 0.238 e. The maximum absolute atomic E-state index is 12.5. The lowest BCUT2D eigenvalue weighted by Gasteiger charge is -2.23. The van der Waals surface area contributed by atoms with E-state index >= 15 is 0 Å². The molecule has 1 aromatic rings. The van der Waals surface area contributed by atoms with Crippen LogP contribution in [0.25, 0.3) is 0 Å². The number of ketones is 1. The molecule has 0 spiro atoms. The maximum Gasteiger partial charge on any atom is 0.238 e. The van der Waals surface area contributed by atoms with Crippen LogP contribution in [0.2, 0.25) is 0 Å². The lowest BCUT2D eigenvalue weighted by atomic mass is 9.98. The fraction of sp³-hybridized carbons (Fsp3) is 0.450. The number of carbonyl (C=O) groups excluding carboxylic acids is 2. The highest BCUT2D eigenvalue weighted by Gasteiger charge is 2.43. The summed E-state index contributed by atoms with van der Waals surface area (Å²) in [7, 11) is 0. The Labute approximate surface area is 163 Å². The summed E-state index contributed by atoms with van der Waals surface area (Å²) >= 11 is 0. The van der Waals surface area contributed by atoms with Crippen molar-refractivity contribution in [2.75, 3.05) is 5.01 Å². The van der Waals surface area contributed by atoms with E-state index in [9.17, 15) is 14.9 Å². The van der Waals surface area contributed by atoms with Crippen molar-refractivity contribution in [3.8, 4) is 6.07 Å². The number of nitriles is 1. The first-order valence-corrected chi connectivity index (χ1v) is 9.62. The normalized spacial score (nSPS) is 26.4. The number of benzene rings is 1. The summed E-state index contributed by atoms with van der Waals surface area (Å²) < 4.78 is 0. The highest BCUT2D eigenvalue weighted by atomic mass is 16.2. The number of hydrazine groups is 2. The van der Waals surface area contributed by atoms with Gasteiger partial charge in [0.1, 0.15) is 11.7 Å². The maximum atomic E-state index is 12.5. The van der Waals surface area contributed by atoms with Crippen molar-refractivity contribution in [2.45, 2.75) is 50.7 Å². The van der Waals surface area contributed by atoms with Crippen molar-refractivity contribution in [1.82, 2.24) is 21.6 Å². The standard InChI is InChI=1S/C20H24N6O2/c1-12(27)18-11-26(25-24-18)17-6-2-13(3-7-17)8-16(10-21)23-20(28)19-14-4-5-15(9-14)22-19/h2-3,6-7,11,14-16,19,22,24-25H,4-5,8-9H2,1H3,(H,23,28)/t14?,15?,16-,19-/m0/s1. The van der Waals surface area contributed by atoms with Crippen LogP contribution in [0.1, 0.15) is 31.7 Å². The quantitative estimate of drug-likeness (QED) is 0.573. The summed E-state index contributed by atoms with van der Waals surface area (Å²) in [6.45, 7) is 1.50. The third-order valence-corrected chi connectivity index (χ3v) is 5.72. The number of allylic oxidation sites excluding steroid dienone is 1. The molecule has 8 nitrogen and oxygen atoms in total. The summed E-state index contributed by atoms with van der Waals surface area (Å²) in [6, 6.07) is 9.58. The van der Waals surface area contributed by atoms with Crippen LogP contribution in [-0.4, -0.2) is 29.8 Å². The predicted molar refractivity (Wildman–Crippen MR) is 103 cm³/mol. The average Bonchev–Trinajstić information content (AvgIpc) is 3.44. The van der Waals surface area contributed by atoms with E-state index in [0.29, 0.717) is 24.1 Å². The number of fused-ring (bicyclic) bond motifs is 2. The molecule has 2 heterocycles. The SMILES string of the molecule is CC(=O)C1=CN(c2ccc(C[C@@H](C#N)NC(=O)[C@H]3NC4CCC3C4)cc2)NN1. The molecule has 1 amide bonds. The first kappa shape index (κ1) is 18.5. The molecule has 4 N–H and O–H groups in total. The van der Waals surface area contributed by atoms with Crippen LogP contribution < -0.4 is 26.6 Å². The van der Waals surface area contributed by atoms with Crippen LogP contribution in [0.3, 0.4) is 0 Å². The molecule has 1 aliphatic carbocycles. The second kappa shape index (κ2) is 7.62. The zero-order chi connectivity index (χ0) is 19.7. The minimum atomic E-state index is -0.560. The summed E-state index contributed by atoms with van der Waals surface area (Å²) in [5.74, 6) is 0.284. The summed E-state index contributed by atoms with van der Waals surface area (Å²) in [5.41, 5.74) is 8.02. The van der Waals surface area contributed by atoms with Gasteiger partial charge in [-0.1, -0.05) is 12.1 Å². The molecule has 28 heavy (non-hydrogen) atoms. The van der Waals surface area contributed by atoms with E-state index in [1.807, 2.05) is 24.3 Å². The van der Waals surface area contributed by atoms with Crippen LogP contribution in [0.4, 0.5) is 5.69 Å². The molecule has 2 aliphatic heterocycles. The molecule has 0 aromatic heterocycles. The third kappa shape index (κ3) is 3.72. The second-order valence-corrected chi connectivity index (χ2v) is 7.68. The lowest BCUT2D eigenvalue weighted by molar-refractivity contribution is -0.124. The number of nitrogens with zero attached hydrogens (tertiary/aromatic N) is 2. The molecule has 8 heteroatoms. The fourth-order valence-corrected chi connectivity index (χ4v) is 4.20. The zero-order valence-corrected chi connectivity index (χ0v) is 15.7. The first-order chi connectivity index (χ1) is 13.5. The number of hydrogen-bond donors (Lipinski definition) is 4.